The molecule has 1 aliphatic carbocycles. The van der Waals surface area contributed by atoms with Gasteiger partial charge in [0.2, 0.25) is 5.95 Å². The fraction of sp³-hybridized carbons (Fsp3) is 0.478. The number of aromatic nitrogens is 2. The monoisotopic (exact) mass is 396 g/mol. The number of fused-ring (bicyclic) bond motifs is 1. The van der Waals surface area contributed by atoms with Crippen LogP contribution in [0.2, 0.25) is 0 Å². The number of hydrogen-bond donors (Lipinski definition) is 1. The van der Waals surface area contributed by atoms with Crippen molar-refractivity contribution in [2.24, 2.45) is 13.0 Å². The summed E-state index contributed by atoms with van der Waals surface area (Å²) >= 11 is 0. The summed E-state index contributed by atoms with van der Waals surface area (Å²) in [5.74, 6) is 1.48. The van der Waals surface area contributed by atoms with Crippen molar-refractivity contribution in [2.45, 2.75) is 38.5 Å². The second-order valence-corrected chi connectivity index (χ2v) is 8.20. The number of nitrogens with one attached hydrogen (secondary N) is 1. The molecule has 2 atom stereocenters. The maximum Gasteiger partial charge on any atom is 0.258 e. The summed E-state index contributed by atoms with van der Waals surface area (Å²) in [6, 6.07) is 7.02. The molecule has 1 aromatic carbocycles. The Morgan fingerprint density at radius 2 is 1.97 bits per heavy atom. The van der Waals surface area contributed by atoms with E-state index in [1.165, 1.54) is 11.1 Å². The molecule has 4 rings (SSSR count). The Morgan fingerprint density at radius 1 is 1.21 bits per heavy atom. The molecule has 2 unspecified atom stereocenters. The zero-order valence-electron chi connectivity index (χ0n) is 17.4. The molecule has 1 aromatic heterocycles. The fourth-order valence-electron chi connectivity index (χ4n) is 4.92. The highest BCUT2D eigenvalue weighted by atomic mass is 19.1. The van der Waals surface area contributed by atoms with Crippen molar-refractivity contribution < 1.29 is 4.39 Å². The van der Waals surface area contributed by atoms with Gasteiger partial charge in [-0.05, 0) is 68.3 Å². The average Bonchev–Trinajstić information content (AvgIpc) is 3.14. The van der Waals surface area contributed by atoms with Crippen LogP contribution in [0.4, 0.5) is 10.3 Å². The number of nitrogens with zero attached hydrogens (tertiary/aromatic N) is 3. The minimum atomic E-state index is -0.170. The van der Waals surface area contributed by atoms with Gasteiger partial charge in [0.25, 0.3) is 5.56 Å². The van der Waals surface area contributed by atoms with Crippen LogP contribution in [-0.4, -0.2) is 34.6 Å². The van der Waals surface area contributed by atoms with Crippen molar-refractivity contribution in [3.8, 4) is 0 Å². The lowest BCUT2D eigenvalue weighted by molar-refractivity contribution is 0.309. The van der Waals surface area contributed by atoms with E-state index in [1.54, 1.807) is 30.8 Å². The van der Waals surface area contributed by atoms with Crippen LogP contribution in [0.5, 0.6) is 0 Å². The molecule has 2 heterocycles. The summed E-state index contributed by atoms with van der Waals surface area (Å²) in [6.45, 7) is 3.73. The van der Waals surface area contributed by atoms with Crippen LogP contribution >= 0.6 is 0 Å². The van der Waals surface area contributed by atoms with Gasteiger partial charge in [0.15, 0.2) is 0 Å². The van der Waals surface area contributed by atoms with Crippen molar-refractivity contribution in [1.29, 1.82) is 0 Å². The first kappa shape index (κ1) is 19.7. The Morgan fingerprint density at radius 3 is 2.69 bits per heavy atom. The van der Waals surface area contributed by atoms with Gasteiger partial charge in [0.05, 0.1) is 5.69 Å². The summed E-state index contributed by atoms with van der Waals surface area (Å²) in [6.07, 6.45) is 6.35. The van der Waals surface area contributed by atoms with Crippen molar-refractivity contribution in [3.63, 3.8) is 0 Å². The van der Waals surface area contributed by atoms with Crippen LogP contribution in [0.15, 0.2) is 40.8 Å². The first-order chi connectivity index (χ1) is 14.0. The van der Waals surface area contributed by atoms with Crippen LogP contribution in [-0.2, 0) is 13.5 Å². The number of anilines is 1. The lowest BCUT2D eigenvalue weighted by atomic mass is 9.84. The molecule has 5 nitrogen and oxygen atoms in total. The van der Waals surface area contributed by atoms with E-state index >= 15 is 0 Å². The Hall–Kier alpha value is -2.63. The quantitative estimate of drug-likeness (QED) is 0.839. The predicted octanol–water partition coefficient (Wildman–Crippen LogP) is 3.60. The maximum atomic E-state index is 13.3. The van der Waals surface area contributed by atoms with Crippen LogP contribution in [0.25, 0.3) is 0 Å². The van der Waals surface area contributed by atoms with E-state index in [-0.39, 0.29) is 11.4 Å². The van der Waals surface area contributed by atoms with Crippen molar-refractivity contribution in [1.82, 2.24) is 14.5 Å². The minimum absolute atomic E-state index is 0.0293. The molecule has 6 heteroatoms. The van der Waals surface area contributed by atoms with Gasteiger partial charge >= 0.3 is 0 Å². The Labute approximate surface area is 171 Å². The average molecular weight is 397 g/mol. The summed E-state index contributed by atoms with van der Waals surface area (Å²) < 4.78 is 14.8. The molecule has 0 bridgehead atoms. The largest absolute Gasteiger partial charge is 0.377 e. The molecule has 1 aliphatic heterocycles. The van der Waals surface area contributed by atoms with Gasteiger partial charge in [0.1, 0.15) is 5.82 Å². The standard InChI is InChI=1S/C23H29FN4O/c1-15-19(22(29)27(3)23(25-2)26-15)10-12-28-13-11-21-17(14-28)6-9-20(21)16-4-7-18(24)8-5-16/h4-5,7-8,14,20-21H,6,9-13H2,1-3H3,(H,25,26). The van der Waals surface area contributed by atoms with E-state index in [2.05, 4.69) is 21.4 Å². The number of halogens is 1. The normalized spacial score (nSPS) is 21.1. The highest BCUT2D eigenvalue weighted by Crippen LogP contribution is 2.46. The predicted molar refractivity (Wildman–Crippen MR) is 114 cm³/mol. The summed E-state index contributed by atoms with van der Waals surface area (Å²) in [7, 11) is 3.53. The third-order valence-corrected chi connectivity index (χ3v) is 6.54. The smallest absolute Gasteiger partial charge is 0.258 e. The van der Waals surface area contributed by atoms with Gasteiger partial charge in [-0.15, -0.1) is 0 Å². The molecule has 1 saturated carbocycles. The van der Waals surface area contributed by atoms with Gasteiger partial charge in [-0.25, -0.2) is 9.37 Å². The first-order valence-electron chi connectivity index (χ1n) is 10.4. The van der Waals surface area contributed by atoms with Crippen LogP contribution in [0.3, 0.4) is 0 Å². The lowest BCUT2D eigenvalue weighted by Gasteiger charge is -2.32. The molecule has 1 fully saturated rings. The van der Waals surface area contributed by atoms with Crippen molar-refractivity contribution >= 4 is 5.95 Å². The number of hydrogen-bond acceptors (Lipinski definition) is 4. The number of rotatable bonds is 5. The highest BCUT2D eigenvalue weighted by molar-refractivity contribution is 5.31. The topological polar surface area (TPSA) is 50.2 Å². The van der Waals surface area contributed by atoms with Crippen molar-refractivity contribution in [3.05, 3.63) is 69.0 Å². The summed E-state index contributed by atoms with van der Waals surface area (Å²) in [5, 5.41) is 2.97. The van der Waals surface area contributed by atoms with Gasteiger partial charge in [-0.3, -0.25) is 9.36 Å². The molecule has 2 aromatic rings. The number of aryl methyl sites for hydroxylation is 1. The zero-order valence-corrected chi connectivity index (χ0v) is 17.4. The molecule has 154 valence electrons. The van der Waals surface area contributed by atoms with Crippen molar-refractivity contribution in [2.75, 3.05) is 25.5 Å². The Balaban J connectivity index is 1.45. The second kappa shape index (κ2) is 8.01. The van der Waals surface area contributed by atoms with Gasteiger partial charge in [0, 0.05) is 32.7 Å². The third-order valence-electron chi connectivity index (χ3n) is 6.54. The first-order valence-corrected chi connectivity index (χ1v) is 10.4. The van der Waals surface area contributed by atoms with Crippen LogP contribution < -0.4 is 10.9 Å². The van der Waals surface area contributed by atoms with Crippen LogP contribution in [0.1, 0.15) is 42.0 Å². The molecule has 0 radical (unpaired) electrons. The number of benzene rings is 1. The molecule has 0 spiro atoms. The van der Waals surface area contributed by atoms with Gasteiger partial charge < -0.3 is 10.2 Å². The van der Waals surface area contributed by atoms with E-state index in [0.717, 1.165) is 43.6 Å². The van der Waals surface area contributed by atoms with Gasteiger partial charge in [-0.1, -0.05) is 17.7 Å². The highest BCUT2D eigenvalue weighted by Gasteiger charge is 2.35. The molecular weight excluding hydrogens is 367 g/mol. The third kappa shape index (κ3) is 3.80. The van der Waals surface area contributed by atoms with E-state index in [0.29, 0.717) is 24.2 Å². The summed E-state index contributed by atoms with van der Waals surface area (Å²) in [5.41, 5.74) is 4.38. The van der Waals surface area contributed by atoms with E-state index in [9.17, 15) is 9.18 Å². The maximum absolute atomic E-state index is 13.3. The molecule has 2 aliphatic rings. The van der Waals surface area contributed by atoms with E-state index < -0.39 is 0 Å². The summed E-state index contributed by atoms with van der Waals surface area (Å²) in [4.78, 5) is 19.5. The van der Waals surface area contributed by atoms with Crippen LogP contribution in [0, 0.1) is 18.7 Å². The zero-order chi connectivity index (χ0) is 20.5. The molecule has 0 amide bonds. The second-order valence-electron chi connectivity index (χ2n) is 8.20. The Bertz CT molecular complexity index is 980. The molecule has 29 heavy (non-hydrogen) atoms. The van der Waals surface area contributed by atoms with Gasteiger partial charge in [-0.2, -0.15) is 0 Å². The minimum Gasteiger partial charge on any atom is -0.377 e. The number of allylic oxidation sites excluding steroid dienone is 1. The van der Waals surface area contributed by atoms with E-state index in [4.69, 9.17) is 0 Å². The molecule has 0 saturated heterocycles. The molecular formula is C23H29FN4O. The SMILES string of the molecule is CNc1nc(C)c(CCN2C=C3CCC(c4ccc(F)cc4)C3CC2)c(=O)n1C. The molecule has 1 N–H and O–H groups in total. The lowest BCUT2D eigenvalue weighted by Crippen LogP contribution is -2.32. The fourth-order valence-corrected chi connectivity index (χ4v) is 4.92. The van der Waals surface area contributed by atoms with E-state index in [1.807, 2.05) is 19.1 Å². The Kier molecular flexibility index (Phi) is 5.43.